The van der Waals surface area contributed by atoms with Crippen molar-refractivity contribution in [2.45, 2.75) is 326 Å². The van der Waals surface area contributed by atoms with E-state index < -0.39 is 75.7 Å². The molecule has 0 amide bonds. The van der Waals surface area contributed by atoms with Crippen molar-refractivity contribution in [3.63, 3.8) is 0 Å². The van der Waals surface area contributed by atoms with Crippen LogP contribution in [0.3, 0.4) is 0 Å². The fourth-order valence-electron chi connectivity index (χ4n) is 9.35. The Morgan fingerprint density at radius 2 is 0.652 bits per heavy atom. The molecule has 0 heterocycles. The van der Waals surface area contributed by atoms with E-state index in [2.05, 4.69) is 13.8 Å². The van der Waals surface area contributed by atoms with Crippen LogP contribution >= 0.6 is 7.82 Å². The van der Waals surface area contributed by atoms with Crippen molar-refractivity contribution < 1.29 is 63.1 Å². The summed E-state index contributed by atoms with van der Waals surface area (Å²) < 4.78 is 33.7. The van der Waals surface area contributed by atoms with E-state index in [0.29, 0.717) is 12.8 Å². The van der Waals surface area contributed by atoms with E-state index in [1.807, 2.05) is 0 Å². The van der Waals surface area contributed by atoms with E-state index in [-0.39, 0.29) is 12.8 Å². The van der Waals surface area contributed by atoms with Crippen molar-refractivity contribution in [3.05, 3.63) is 0 Å². The number of phosphoric acid groups is 1. The zero-order chi connectivity index (χ0) is 50.6. The maximum absolute atomic E-state index is 12.9. The second-order valence-electron chi connectivity index (χ2n) is 20.5. The Hall–Kier alpha value is -1.15. The van der Waals surface area contributed by atoms with Gasteiger partial charge < -0.3 is 39.9 Å². The Morgan fingerprint density at radius 1 is 0.391 bits per heavy atom. The summed E-state index contributed by atoms with van der Waals surface area (Å²) in [5, 5.41) is 50.4. The number of carbonyl (C=O) groups is 2. The summed E-state index contributed by atoms with van der Waals surface area (Å²) in [4.78, 5) is 35.9. The molecule has 0 aromatic heterocycles. The highest BCUT2D eigenvalue weighted by molar-refractivity contribution is 7.47. The molecule has 1 aliphatic rings. The summed E-state index contributed by atoms with van der Waals surface area (Å²) in [6.07, 6.45) is 37.3. The molecule has 0 spiro atoms. The number of hydrogen-bond donors (Lipinski definition) is 6. The van der Waals surface area contributed by atoms with Crippen molar-refractivity contribution in [2.75, 3.05) is 13.2 Å². The Balaban J connectivity index is 2.30. The molecule has 1 rings (SSSR count). The third-order valence-corrected chi connectivity index (χ3v) is 14.9. The van der Waals surface area contributed by atoms with Crippen LogP contribution < -0.4 is 0 Å². The van der Waals surface area contributed by atoms with Crippen molar-refractivity contribution in [1.82, 2.24) is 0 Å². The lowest BCUT2D eigenvalue weighted by Crippen LogP contribution is -2.64. The average molecular weight is 1010 g/mol. The number of rotatable bonds is 50. The third kappa shape index (κ3) is 37.3. The Labute approximate surface area is 421 Å². The van der Waals surface area contributed by atoms with Crippen LogP contribution in [0.25, 0.3) is 0 Å². The highest BCUT2D eigenvalue weighted by atomic mass is 31.2. The molecule has 6 unspecified atom stereocenters. The SMILES string of the molecule is CCCCCCCCCCCCCCCCCCCCCCCCCCC(=O)OC(COC(=O)CCCCCCCCCCCCCCCCCC)COP(=O)(O)OC1C(O)C(O)C(O)C(O)C1O. The summed E-state index contributed by atoms with van der Waals surface area (Å²) >= 11 is 0. The minimum Gasteiger partial charge on any atom is -0.462 e. The second-order valence-corrected chi connectivity index (χ2v) is 21.9. The van der Waals surface area contributed by atoms with Crippen LogP contribution in [0.15, 0.2) is 0 Å². The van der Waals surface area contributed by atoms with Gasteiger partial charge in [-0.3, -0.25) is 18.6 Å². The van der Waals surface area contributed by atoms with Gasteiger partial charge in [0.25, 0.3) is 0 Å². The molecule has 0 saturated heterocycles. The van der Waals surface area contributed by atoms with E-state index >= 15 is 0 Å². The summed E-state index contributed by atoms with van der Waals surface area (Å²) in [6.45, 7) is 3.37. The summed E-state index contributed by atoms with van der Waals surface area (Å²) in [5.74, 6) is -1.08. The van der Waals surface area contributed by atoms with Crippen LogP contribution in [0.1, 0.15) is 284 Å². The molecule has 69 heavy (non-hydrogen) atoms. The van der Waals surface area contributed by atoms with Crippen LogP contribution in [0.5, 0.6) is 0 Å². The van der Waals surface area contributed by atoms with E-state index in [1.54, 1.807) is 0 Å². The lowest BCUT2D eigenvalue weighted by atomic mass is 9.85. The molecule has 0 aromatic rings. The van der Waals surface area contributed by atoms with Gasteiger partial charge in [-0.05, 0) is 12.8 Å². The van der Waals surface area contributed by atoms with Crippen LogP contribution in [0, 0.1) is 0 Å². The minimum absolute atomic E-state index is 0.106. The number of esters is 2. The number of unbranched alkanes of at least 4 members (excludes halogenated alkanes) is 38. The van der Waals surface area contributed by atoms with E-state index in [9.17, 15) is 44.6 Å². The molecular formula is C55H107O13P. The number of aliphatic hydroxyl groups excluding tert-OH is 5. The number of carbonyl (C=O) groups excluding carboxylic acids is 2. The maximum Gasteiger partial charge on any atom is 0.472 e. The van der Waals surface area contributed by atoms with E-state index in [0.717, 1.165) is 38.5 Å². The van der Waals surface area contributed by atoms with E-state index in [4.69, 9.17) is 18.5 Å². The molecule has 13 nitrogen and oxygen atoms in total. The number of ether oxygens (including phenoxy) is 2. The van der Waals surface area contributed by atoms with Gasteiger partial charge in [0, 0.05) is 12.8 Å². The summed E-state index contributed by atoms with van der Waals surface area (Å²) in [6, 6.07) is 0. The predicted octanol–water partition coefficient (Wildman–Crippen LogP) is 13.2. The molecule has 0 aromatic carbocycles. The normalized spacial score (nSPS) is 20.8. The maximum atomic E-state index is 12.9. The first-order valence-corrected chi connectivity index (χ1v) is 30.3. The van der Waals surface area contributed by atoms with Crippen molar-refractivity contribution >= 4 is 19.8 Å². The number of aliphatic hydroxyl groups is 5. The van der Waals surface area contributed by atoms with Gasteiger partial charge in [-0.15, -0.1) is 0 Å². The Morgan fingerprint density at radius 3 is 0.957 bits per heavy atom. The zero-order valence-corrected chi connectivity index (χ0v) is 45.0. The monoisotopic (exact) mass is 1010 g/mol. The lowest BCUT2D eigenvalue weighted by molar-refractivity contribution is -0.220. The van der Waals surface area contributed by atoms with Crippen LogP contribution in [-0.2, 0) is 32.7 Å². The molecule has 14 heteroatoms. The smallest absolute Gasteiger partial charge is 0.462 e. The van der Waals surface area contributed by atoms with Gasteiger partial charge in [0.2, 0.25) is 0 Å². The first-order valence-electron chi connectivity index (χ1n) is 28.8. The molecular weight excluding hydrogens is 900 g/mol. The highest BCUT2D eigenvalue weighted by Crippen LogP contribution is 2.47. The Kier molecular flexibility index (Phi) is 43.4. The molecule has 1 fully saturated rings. The second kappa shape index (κ2) is 45.5. The summed E-state index contributed by atoms with van der Waals surface area (Å²) in [5.41, 5.74) is 0. The van der Waals surface area contributed by atoms with Gasteiger partial charge in [-0.25, -0.2) is 4.57 Å². The highest BCUT2D eigenvalue weighted by Gasteiger charge is 2.51. The summed E-state index contributed by atoms with van der Waals surface area (Å²) in [7, 11) is -5.12. The standard InChI is InChI=1S/C55H107O13P/c1-3-5-7-9-11-13-15-17-19-21-22-23-24-25-26-27-28-30-32-34-36-38-40-42-44-49(57)67-47(46-66-69(63,64)68-55-53(61)51(59)50(58)52(60)54(55)62)45-65-48(56)43-41-39-37-35-33-31-29-20-18-16-14-12-10-8-6-4-2/h47,50-55,58-62H,3-46H2,1-2H3,(H,63,64). The first-order chi connectivity index (χ1) is 33.4. The minimum atomic E-state index is -5.12. The predicted molar refractivity (Wildman–Crippen MR) is 277 cm³/mol. The molecule has 0 aliphatic heterocycles. The number of hydrogen-bond acceptors (Lipinski definition) is 12. The van der Waals surface area contributed by atoms with Crippen LogP contribution in [-0.4, -0.2) is 98.3 Å². The van der Waals surface area contributed by atoms with Gasteiger partial charge in [-0.2, -0.15) is 0 Å². The molecule has 1 aliphatic carbocycles. The van der Waals surface area contributed by atoms with Crippen LogP contribution in [0.2, 0.25) is 0 Å². The fraction of sp³-hybridized carbons (Fsp3) is 0.964. The molecule has 410 valence electrons. The number of phosphoric ester groups is 1. The zero-order valence-electron chi connectivity index (χ0n) is 44.1. The topological polar surface area (TPSA) is 210 Å². The third-order valence-electron chi connectivity index (χ3n) is 13.9. The quantitative estimate of drug-likeness (QED) is 0.0191. The van der Waals surface area contributed by atoms with Gasteiger partial charge in [0.05, 0.1) is 6.61 Å². The average Bonchev–Trinajstić information content (AvgIpc) is 3.33. The van der Waals surface area contributed by atoms with Crippen molar-refractivity contribution in [3.8, 4) is 0 Å². The van der Waals surface area contributed by atoms with Gasteiger partial charge in [0.1, 0.15) is 43.2 Å². The first kappa shape index (κ1) is 65.9. The molecule has 0 radical (unpaired) electrons. The van der Waals surface area contributed by atoms with Crippen molar-refractivity contribution in [1.29, 1.82) is 0 Å². The van der Waals surface area contributed by atoms with E-state index in [1.165, 1.54) is 205 Å². The molecule has 6 N–H and O–H groups in total. The fourth-order valence-corrected chi connectivity index (χ4v) is 10.3. The molecule has 0 bridgehead atoms. The van der Waals surface area contributed by atoms with Crippen molar-refractivity contribution in [2.24, 2.45) is 0 Å². The lowest BCUT2D eigenvalue weighted by Gasteiger charge is -2.41. The van der Waals surface area contributed by atoms with Gasteiger partial charge >= 0.3 is 19.8 Å². The van der Waals surface area contributed by atoms with Crippen LogP contribution in [0.4, 0.5) is 0 Å². The van der Waals surface area contributed by atoms with Gasteiger partial charge in [0.15, 0.2) is 6.10 Å². The largest absolute Gasteiger partial charge is 0.472 e. The molecule has 6 atom stereocenters. The van der Waals surface area contributed by atoms with Gasteiger partial charge in [-0.1, -0.05) is 258 Å². The molecule has 1 saturated carbocycles. The Bertz CT molecular complexity index is 1210.